The van der Waals surface area contributed by atoms with Crippen LogP contribution in [0.25, 0.3) is 0 Å². The zero-order chi connectivity index (χ0) is 9.10. The second kappa shape index (κ2) is 3.89. The van der Waals surface area contributed by atoms with Crippen molar-refractivity contribution in [3.05, 3.63) is 17.0 Å². The summed E-state index contributed by atoms with van der Waals surface area (Å²) in [6.07, 6.45) is 3.62. The molecule has 0 aromatic carbocycles. The first-order chi connectivity index (χ1) is 6.42. The van der Waals surface area contributed by atoms with Gasteiger partial charge in [0.25, 0.3) is 0 Å². The van der Waals surface area contributed by atoms with Crippen LogP contribution in [0, 0.1) is 0 Å². The standard InChI is InChI=1S/C9H16N4/c10-4-5-11-6-9-7-2-1-3-8(7)12-13-9/h11H,1-6,10H2,(H,12,13). The number of aromatic amines is 1. The van der Waals surface area contributed by atoms with E-state index in [1.165, 1.54) is 36.2 Å². The van der Waals surface area contributed by atoms with E-state index in [4.69, 9.17) is 5.73 Å². The minimum absolute atomic E-state index is 0.687. The Bertz CT molecular complexity index is 279. The number of rotatable bonds is 4. The largest absolute Gasteiger partial charge is 0.329 e. The Morgan fingerprint density at radius 3 is 3.23 bits per heavy atom. The summed E-state index contributed by atoms with van der Waals surface area (Å²) in [6, 6.07) is 0. The molecule has 72 valence electrons. The Balaban J connectivity index is 1.96. The first-order valence-corrected chi connectivity index (χ1v) is 4.87. The van der Waals surface area contributed by atoms with Gasteiger partial charge >= 0.3 is 0 Å². The van der Waals surface area contributed by atoms with Gasteiger partial charge in [-0.2, -0.15) is 5.10 Å². The van der Waals surface area contributed by atoms with E-state index in [9.17, 15) is 0 Å². The third kappa shape index (κ3) is 1.73. The van der Waals surface area contributed by atoms with Gasteiger partial charge in [-0.1, -0.05) is 0 Å². The van der Waals surface area contributed by atoms with Gasteiger partial charge in [0.2, 0.25) is 0 Å². The molecule has 4 N–H and O–H groups in total. The van der Waals surface area contributed by atoms with Gasteiger partial charge in [0.15, 0.2) is 0 Å². The van der Waals surface area contributed by atoms with E-state index in [0.717, 1.165) is 13.1 Å². The number of nitrogens with one attached hydrogen (secondary N) is 2. The lowest BCUT2D eigenvalue weighted by Crippen LogP contribution is -2.22. The summed E-state index contributed by atoms with van der Waals surface area (Å²) in [5.74, 6) is 0. The molecule has 0 aliphatic heterocycles. The van der Waals surface area contributed by atoms with E-state index in [2.05, 4.69) is 15.5 Å². The maximum absolute atomic E-state index is 5.39. The van der Waals surface area contributed by atoms with E-state index in [1.807, 2.05) is 0 Å². The van der Waals surface area contributed by atoms with Crippen molar-refractivity contribution in [2.24, 2.45) is 5.73 Å². The number of nitrogens with zero attached hydrogens (tertiary/aromatic N) is 1. The van der Waals surface area contributed by atoms with Gasteiger partial charge in [0.1, 0.15) is 0 Å². The summed E-state index contributed by atoms with van der Waals surface area (Å²) in [7, 11) is 0. The van der Waals surface area contributed by atoms with Crippen molar-refractivity contribution in [1.82, 2.24) is 15.5 Å². The Hall–Kier alpha value is -0.870. The molecule has 1 aromatic rings. The average molecular weight is 180 g/mol. The smallest absolute Gasteiger partial charge is 0.0794 e. The number of nitrogens with two attached hydrogens (primary N) is 1. The molecule has 0 spiro atoms. The highest BCUT2D eigenvalue weighted by atomic mass is 15.1. The number of H-pyrrole nitrogens is 1. The van der Waals surface area contributed by atoms with Crippen molar-refractivity contribution >= 4 is 0 Å². The summed E-state index contributed by atoms with van der Waals surface area (Å²) in [5, 5.41) is 10.6. The van der Waals surface area contributed by atoms with Crippen LogP contribution in [-0.4, -0.2) is 23.3 Å². The molecule has 0 unspecified atom stereocenters. The van der Waals surface area contributed by atoms with Crippen molar-refractivity contribution in [3.63, 3.8) is 0 Å². The quantitative estimate of drug-likeness (QED) is 0.569. The van der Waals surface area contributed by atoms with Gasteiger partial charge in [-0.25, -0.2) is 0 Å². The Morgan fingerprint density at radius 1 is 1.46 bits per heavy atom. The van der Waals surface area contributed by atoms with Gasteiger partial charge < -0.3 is 11.1 Å². The average Bonchev–Trinajstić information content (AvgIpc) is 2.68. The van der Waals surface area contributed by atoms with Crippen LogP contribution < -0.4 is 11.1 Å². The van der Waals surface area contributed by atoms with Gasteiger partial charge in [-0.05, 0) is 24.8 Å². The summed E-state index contributed by atoms with van der Waals surface area (Å²) in [4.78, 5) is 0. The molecular formula is C9H16N4. The molecule has 4 nitrogen and oxygen atoms in total. The zero-order valence-corrected chi connectivity index (χ0v) is 7.77. The lowest BCUT2D eigenvalue weighted by atomic mass is 10.2. The molecule has 1 aliphatic carbocycles. The third-order valence-electron chi connectivity index (χ3n) is 2.51. The van der Waals surface area contributed by atoms with Gasteiger partial charge in [0, 0.05) is 25.3 Å². The summed E-state index contributed by atoms with van der Waals surface area (Å²) in [5.41, 5.74) is 9.34. The van der Waals surface area contributed by atoms with Crippen molar-refractivity contribution in [2.45, 2.75) is 25.8 Å². The zero-order valence-electron chi connectivity index (χ0n) is 7.77. The van der Waals surface area contributed by atoms with Crippen molar-refractivity contribution in [3.8, 4) is 0 Å². The molecule has 0 fully saturated rings. The van der Waals surface area contributed by atoms with Crippen molar-refractivity contribution in [2.75, 3.05) is 13.1 Å². The first-order valence-electron chi connectivity index (χ1n) is 4.87. The second-order valence-electron chi connectivity index (χ2n) is 3.45. The van der Waals surface area contributed by atoms with Crippen LogP contribution in [0.3, 0.4) is 0 Å². The normalized spacial score (nSPS) is 14.8. The van der Waals surface area contributed by atoms with Crippen LogP contribution >= 0.6 is 0 Å². The fraction of sp³-hybridized carbons (Fsp3) is 0.667. The predicted molar refractivity (Wildman–Crippen MR) is 51.4 cm³/mol. The summed E-state index contributed by atoms with van der Waals surface area (Å²) in [6.45, 7) is 2.40. The van der Waals surface area contributed by atoms with Gasteiger partial charge in [-0.15, -0.1) is 0 Å². The van der Waals surface area contributed by atoms with Crippen LogP contribution in [0.5, 0.6) is 0 Å². The number of hydrogen-bond acceptors (Lipinski definition) is 3. The van der Waals surface area contributed by atoms with E-state index in [1.54, 1.807) is 0 Å². The van der Waals surface area contributed by atoms with Gasteiger partial charge in [0.05, 0.1) is 5.69 Å². The monoisotopic (exact) mass is 180 g/mol. The summed E-state index contributed by atoms with van der Waals surface area (Å²) >= 11 is 0. The van der Waals surface area contributed by atoms with Crippen LogP contribution in [0.4, 0.5) is 0 Å². The van der Waals surface area contributed by atoms with E-state index < -0.39 is 0 Å². The number of hydrogen-bond donors (Lipinski definition) is 3. The highest BCUT2D eigenvalue weighted by Gasteiger charge is 2.17. The maximum atomic E-state index is 5.39. The molecule has 4 heteroatoms. The lowest BCUT2D eigenvalue weighted by Gasteiger charge is -2.00. The molecule has 1 heterocycles. The van der Waals surface area contributed by atoms with E-state index >= 15 is 0 Å². The Morgan fingerprint density at radius 2 is 2.38 bits per heavy atom. The third-order valence-corrected chi connectivity index (χ3v) is 2.51. The maximum Gasteiger partial charge on any atom is 0.0794 e. The van der Waals surface area contributed by atoms with Crippen LogP contribution in [0.15, 0.2) is 0 Å². The van der Waals surface area contributed by atoms with Gasteiger partial charge in [-0.3, -0.25) is 5.10 Å². The molecule has 13 heavy (non-hydrogen) atoms. The predicted octanol–water partition coefficient (Wildman–Crippen LogP) is -0.0533. The molecule has 0 amide bonds. The van der Waals surface area contributed by atoms with E-state index in [0.29, 0.717) is 6.54 Å². The lowest BCUT2D eigenvalue weighted by molar-refractivity contribution is 0.673. The topological polar surface area (TPSA) is 66.7 Å². The fourth-order valence-electron chi connectivity index (χ4n) is 1.84. The molecule has 2 rings (SSSR count). The molecule has 0 bridgehead atoms. The number of aryl methyl sites for hydroxylation is 1. The number of aromatic nitrogens is 2. The molecule has 1 aliphatic rings. The first kappa shape index (κ1) is 8.72. The highest BCUT2D eigenvalue weighted by molar-refractivity contribution is 5.29. The SMILES string of the molecule is NCCNCc1n[nH]c2c1CCC2. The molecule has 0 atom stereocenters. The Kier molecular flexibility index (Phi) is 2.61. The number of fused-ring (bicyclic) bond motifs is 1. The minimum Gasteiger partial charge on any atom is -0.329 e. The van der Waals surface area contributed by atoms with E-state index in [-0.39, 0.29) is 0 Å². The molecule has 0 radical (unpaired) electrons. The van der Waals surface area contributed by atoms with Crippen LogP contribution in [0.2, 0.25) is 0 Å². The van der Waals surface area contributed by atoms with Crippen molar-refractivity contribution in [1.29, 1.82) is 0 Å². The van der Waals surface area contributed by atoms with Crippen LogP contribution in [0.1, 0.15) is 23.4 Å². The Labute approximate surface area is 77.9 Å². The molecule has 1 aromatic heterocycles. The summed E-state index contributed by atoms with van der Waals surface area (Å²) < 4.78 is 0. The molecule has 0 saturated heterocycles. The fourth-order valence-corrected chi connectivity index (χ4v) is 1.84. The van der Waals surface area contributed by atoms with Crippen LogP contribution in [-0.2, 0) is 19.4 Å². The minimum atomic E-state index is 0.687. The van der Waals surface area contributed by atoms with Crippen molar-refractivity contribution < 1.29 is 0 Å². The second-order valence-corrected chi connectivity index (χ2v) is 3.45. The molecule has 0 saturated carbocycles. The highest BCUT2D eigenvalue weighted by Crippen LogP contribution is 2.22. The molecular weight excluding hydrogens is 164 g/mol.